The second-order valence-electron chi connectivity index (χ2n) is 4.75. The average molecular weight is 253 g/mol. The Labute approximate surface area is 110 Å². The van der Waals surface area contributed by atoms with Crippen LogP contribution in [0.1, 0.15) is 52.4 Å². The second-order valence-corrected chi connectivity index (χ2v) is 4.75. The molecule has 1 rings (SSSR count). The molecular formula is C14H25N2O2+. The Kier molecular flexibility index (Phi) is 6.47. The van der Waals surface area contributed by atoms with Crippen LogP contribution in [0.15, 0.2) is 12.4 Å². The molecule has 0 N–H and O–H groups in total. The molecule has 18 heavy (non-hydrogen) atoms. The van der Waals surface area contributed by atoms with Gasteiger partial charge in [0.25, 0.3) is 0 Å². The van der Waals surface area contributed by atoms with Crippen LogP contribution in [0.4, 0.5) is 0 Å². The monoisotopic (exact) mass is 253 g/mol. The zero-order valence-electron chi connectivity index (χ0n) is 11.8. The van der Waals surface area contributed by atoms with Gasteiger partial charge in [-0.2, -0.15) is 9.13 Å². The van der Waals surface area contributed by atoms with Crippen molar-refractivity contribution in [2.24, 2.45) is 7.05 Å². The second kappa shape index (κ2) is 7.90. The van der Waals surface area contributed by atoms with E-state index in [9.17, 15) is 4.79 Å². The van der Waals surface area contributed by atoms with Gasteiger partial charge in [0.1, 0.15) is 12.4 Å². The summed E-state index contributed by atoms with van der Waals surface area (Å²) in [5.41, 5.74) is 0. The maximum absolute atomic E-state index is 11.0. The lowest BCUT2D eigenvalue weighted by molar-refractivity contribution is -0.675. The molecule has 0 aliphatic heterocycles. The van der Waals surface area contributed by atoms with Gasteiger partial charge in [-0.15, -0.1) is 0 Å². The third-order valence-electron chi connectivity index (χ3n) is 3.01. The standard InChI is InChI=1S/C14H25N2O2/c1-4-5-6-7-8-9-10-16-12-11-15(3)14(16)18-13(2)17/h11-12H,4-10H2,1-3H3/q+1. The summed E-state index contributed by atoms with van der Waals surface area (Å²) in [6.07, 6.45) is 11.5. The summed E-state index contributed by atoms with van der Waals surface area (Å²) in [6.45, 7) is 4.57. The zero-order valence-corrected chi connectivity index (χ0v) is 11.8. The first-order chi connectivity index (χ1) is 8.65. The van der Waals surface area contributed by atoms with Crippen molar-refractivity contribution in [3.05, 3.63) is 12.4 Å². The Balaban J connectivity index is 2.35. The highest BCUT2D eigenvalue weighted by Crippen LogP contribution is 2.10. The molecule has 0 amide bonds. The fourth-order valence-corrected chi connectivity index (χ4v) is 2.00. The van der Waals surface area contributed by atoms with Crippen LogP contribution in [-0.2, 0) is 18.4 Å². The van der Waals surface area contributed by atoms with E-state index in [1.54, 1.807) is 0 Å². The molecule has 0 saturated heterocycles. The van der Waals surface area contributed by atoms with Gasteiger partial charge in [-0.25, -0.2) is 0 Å². The number of unbranched alkanes of at least 4 members (excludes halogenated alkanes) is 5. The van der Waals surface area contributed by atoms with Gasteiger partial charge in [0, 0.05) is 6.92 Å². The summed E-state index contributed by atoms with van der Waals surface area (Å²) >= 11 is 0. The molecule has 102 valence electrons. The van der Waals surface area contributed by atoms with E-state index in [2.05, 4.69) is 6.92 Å². The molecule has 0 aromatic carbocycles. The molecule has 1 heterocycles. The highest BCUT2D eigenvalue weighted by molar-refractivity contribution is 5.68. The summed E-state index contributed by atoms with van der Waals surface area (Å²) in [7, 11) is 1.88. The molecule has 0 radical (unpaired) electrons. The predicted octanol–water partition coefficient (Wildman–Crippen LogP) is 2.60. The molecule has 0 saturated carbocycles. The van der Waals surface area contributed by atoms with Crippen molar-refractivity contribution < 1.29 is 14.1 Å². The van der Waals surface area contributed by atoms with E-state index in [-0.39, 0.29) is 5.97 Å². The van der Waals surface area contributed by atoms with Crippen LogP contribution in [-0.4, -0.2) is 10.5 Å². The smallest absolute Gasteiger partial charge is 0.357 e. The summed E-state index contributed by atoms with van der Waals surface area (Å²) in [5, 5.41) is 0. The Bertz CT molecular complexity index is 372. The first kappa shape index (κ1) is 14.7. The van der Waals surface area contributed by atoms with Crippen molar-refractivity contribution in [2.75, 3.05) is 0 Å². The number of carbonyl (C=O) groups excluding carboxylic acids is 1. The van der Waals surface area contributed by atoms with Crippen LogP contribution in [0.3, 0.4) is 0 Å². The molecule has 0 atom stereocenters. The van der Waals surface area contributed by atoms with Crippen LogP contribution >= 0.6 is 0 Å². The van der Waals surface area contributed by atoms with Crippen LogP contribution in [0, 0.1) is 0 Å². The number of ether oxygens (including phenoxy) is 1. The van der Waals surface area contributed by atoms with Crippen molar-refractivity contribution in [1.29, 1.82) is 0 Å². The number of rotatable bonds is 8. The number of hydrogen-bond donors (Lipinski definition) is 0. The van der Waals surface area contributed by atoms with Crippen LogP contribution < -0.4 is 9.30 Å². The van der Waals surface area contributed by atoms with Gasteiger partial charge >= 0.3 is 12.0 Å². The summed E-state index contributed by atoms with van der Waals surface area (Å²) in [5.74, 6) is -0.270. The van der Waals surface area contributed by atoms with Crippen LogP contribution in [0.25, 0.3) is 0 Å². The maximum atomic E-state index is 11.0. The third kappa shape index (κ3) is 4.90. The number of esters is 1. The number of carbonyl (C=O) groups is 1. The van der Waals surface area contributed by atoms with Crippen molar-refractivity contribution >= 4 is 5.97 Å². The summed E-state index contributed by atoms with van der Waals surface area (Å²) in [4.78, 5) is 11.0. The van der Waals surface area contributed by atoms with Gasteiger partial charge in [-0.1, -0.05) is 32.6 Å². The Hall–Kier alpha value is -1.32. The Morgan fingerprint density at radius 3 is 2.61 bits per heavy atom. The molecule has 0 spiro atoms. The molecule has 0 fully saturated rings. The Morgan fingerprint density at radius 1 is 1.28 bits per heavy atom. The topological polar surface area (TPSA) is 35.1 Å². The van der Waals surface area contributed by atoms with Gasteiger partial charge in [-0.3, -0.25) is 4.79 Å². The van der Waals surface area contributed by atoms with Gasteiger partial charge in [0.2, 0.25) is 0 Å². The van der Waals surface area contributed by atoms with Crippen molar-refractivity contribution in [3.8, 4) is 6.01 Å². The van der Waals surface area contributed by atoms with Crippen LogP contribution in [0.2, 0.25) is 0 Å². The Morgan fingerprint density at radius 2 is 1.94 bits per heavy atom. The number of aromatic nitrogens is 2. The summed E-state index contributed by atoms with van der Waals surface area (Å²) < 4.78 is 9.03. The molecule has 1 aromatic rings. The SMILES string of the molecule is CCCCCCCCn1cc[n+](C)c1OC(C)=O. The maximum Gasteiger partial charge on any atom is 0.463 e. The van der Waals surface area contributed by atoms with Gasteiger partial charge in [0.15, 0.2) is 0 Å². The lowest BCUT2D eigenvalue weighted by Gasteiger charge is -2.02. The van der Waals surface area contributed by atoms with Gasteiger partial charge in [0.05, 0.1) is 13.6 Å². The highest BCUT2D eigenvalue weighted by atomic mass is 16.5. The average Bonchev–Trinajstić information content (AvgIpc) is 2.65. The fraction of sp³-hybridized carbons (Fsp3) is 0.714. The highest BCUT2D eigenvalue weighted by Gasteiger charge is 2.17. The van der Waals surface area contributed by atoms with Crippen molar-refractivity contribution in [1.82, 2.24) is 4.57 Å². The molecular weight excluding hydrogens is 228 g/mol. The first-order valence-corrected chi connectivity index (χ1v) is 6.88. The molecule has 1 aromatic heterocycles. The normalized spacial score (nSPS) is 10.6. The van der Waals surface area contributed by atoms with E-state index in [0.29, 0.717) is 6.01 Å². The lowest BCUT2D eigenvalue weighted by Crippen LogP contribution is -2.30. The number of aryl methyl sites for hydroxylation is 2. The van der Waals surface area contributed by atoms with Gasteiger partial charge < -0.3 is 4.74 Å². The first-order valence-electron chi connectivity index (χ1n) is 6.88. The quantitative estimate of drug-likeness (QED) is 0.405. The fourth-order valence-electron chi connectivity index (χ4n) is 2.00. The van der Waals surface area contributed by atoms with Crippen molar-refractivity contribution in [2.45, 2.75) is 58.9 Å². The molecule has 4 nitrogen and oxygen atoms in total. The van der Waals surface area contributed by atoms with E-state index >= 15 is 0 Å². The number of imidazole rings is 1. The number of nitrogens with zero attached hydrogens (tertiary/aromatic N) is 2. The molecule has 0 aliphatic rings. The van der Waals surface area contributed by atoms with E-state index in [1.165, 1.54) is 39.0 Å². The minimum absolute atomic E-state index is 0.270. The van der Waals surface area contributed by atoms with E-state index in [0.717, 1.165) is 13.0 Å². The largest absolute Gasteiger partial charge is 0.463 e. The van der Waals surface area contributed by atoms with Crippen molar-refractivity contribution in [3.63, 3.8) is 0 Å². The zero-order chi connectivity index (χ0) is 13.4. The minimum atomic E-state index is -0.270. The predicted molar refractivity (Wildman–Crippen MR) is 70.3 cm³/mol. The molecule has 0 aliphatic carbocycles. The number of hydrogen-bond acceptors (Lipinski definition) is 2. The van der Waals surface area contributed by atoms with Gasteiger partial charge in [-0.05, 0) is 12.8 Å². The van der Waals surface area contributed by atoms with Crippen LogP contribution in [0.5, 0.6) is 6.01 Å². The molecule has 0 bridgehead atoms. The van der Waals surface area contributed by atoms with E-state index in [1.807, 2.05) is 28.6 Å². The lowest BCUT2D eigenvalue weighted by atomic mass is 10.1. The third-order valence-corrected chi connectivity index (χ3v) is 3.01. The van der Waals surface area contributed by atoms with E-state index in [4.69, 9.17) is 4.74 Å². The molecule has 4 heteroatoms. The van der Waals surface area contributed by atoms with E-state index < -0.39 is 0 Å². The summed E-state index contributed by atoms with van der Waals surface area (Å²) in [6, 6.07) is 0.621. The molecule has 0 unspecified atom stereocenters. The minimum Gasteiger partial charge on any atom is -0.357 e.